The van der Waals surface area contributed by atoms with Crippen LogP contribution in [0.3, 0.4) is 0 Å². The molecule has 0 amide bonds. The van der Waals surface area contributed by atoms with Gasteiger partial charge in [0.15, 0.2) is 5.75 Å². The zero-order valence-electron chi connectivity index (χ0n) is 12.0. The second kappa shape index (κ2) is 7.04. The monoisotopic (exact) mass is 340 g/mol. The lowest BCUT2D eigenvalue weighted by Crippen LogP contribution is -2.31. The van der Waals surface area contributed by atoms with Crippen LogP contribution >= 0.6 is 15.9 Å². The van der Waals surface area contributed by atoms with Crippen molar-refractivity contribution in [3.63, 3.8) is 0 Å². The molecule has 0 bridgehead atoms. The first-order valence-electron chi connectivity index (χ1n) is 6.80. The molecule has 0 aromatic carbocycles. The van der Waals surface area contributed by atoms with E-state index in [2.05, 4.69) is 38.0 Å². The van der Waals surface area contributed by atoms with Crippen molar-refractivity contribution in [1.82, 2.24) is 9.88 Å². The molecule has 1 aliphatic rings. The van der Waals surface area contributed by atoms with Crippen LogP contribution in [-0.4, -0.2) is 42.8 Å². The molecule has 110 valence electrons. The maximum Gasteiger partial charge on any atom is 0.151 e. The van der Waals surface area contributed by atoms with Gasteiger partial charge in [-0.25, -0.2) is 4.98 Å². The third-order valence-corrected chi connectivity index (χ3v) is 4.37. The van der Waals surface area contributed by atoms with Crippen molar-refractivity contribution in [2.45, 2.75) is 19.3 Å². The zero-order chi connectivity index (χ0) is 14.5. The van der Waals surface area contributed by atoms with Gasteiger partial charge >= 0.3 is 0 Å². The summed E-state index contributed by atoms with van der Waals surface area (Å²) in [6.07, 6.45) is 3.26. The molecule has 5 nitrogen and oxygen atoms in total. The Morgan fingerprint density at radius 3 is 2.75 bits per heavy atom. The summed E-state index contributed by atoms with van der Waals surface area (Å²) in [5.41, 5.74) is 1.68. The number of nitrogens with zero attached hydrogens (tertiary/aromatic N) is 3. The number of piperidine rings is 1. The topological polar surface area (TPSA) is 63.7 Å². The maximum atomic E-state index is 5.56. The molecule has 0 radical (unpaired) electrons. The number of pyridine rings is 1. The van der Waals surface area contributed by atoms with Gasteiger partial charge in [0.25, 0.3) is 0 Å². The van der Waals surface area contributed by atoms with Crippen LogP contribution in [0.5, 0.6) is 5.75 Å². The van der Waals surface area contributed by atoms with Crippen LogP contribution < -0.4 is 10.6 Å². The Morgan fingerprint density at radius 1 is 1.50 bits per heavy atom. The van der Waals surface area contributed by atoms with E-state index in [1.807, 2.05) is 12.1 Å². The fraction of sp³-hybridized carbons (Fsp3) is 0.571. The van der Waals surface area contributed by atoms with E-state index in [0.717, 1.165) is 30.9 Å². The number of nitrogens with two attached hydrogens (primary N) is 1. The highest BCUT2D eigenvalue weighted by Crippen LogP contribution is 2.25. The van der Waals surface area contributed by atoms with E-state index in [0.29, 0.717) is 16.3 Å². The summed E-state index contributed by atoms with van der Waals surface area (Å²) in [5.74, 6) is 6.91. The molecular formula is C14H21BrN4O. The third kappa shape index (κ3) is 3.70. The van der Waals surface area contributed by atoms with Gasteiger partial charge in [-0.3, -0.25) is 0 Å². The van der Waals surface area contributed by atoms with E-state index in [1.165, 1.54) is 12.8 Å². The number of hydrazone groups is 1. The summed E-state index contributed by atoms with van der Waals surface area (Å²) in [6.45, 7) is 2.28. The molecule has 0 unspecified atom stereocenters. The molecule has 0 atom stereocenters. The summed E-state index contributed by atoms with van der Waals surface area (Å²) in [5, 5.41) is 3.95. The molecule has 0 saturated carbocycles. The van der Waals surface area contributed by atoms with Crippen molar-refractivity contribution in [2.24, 2.45) is 16.9 Å². The molecule has 0 spiro atoms. The lowest BCUT2D eigenvalue weighted by Gasteiger charge is -2.29. The number of hydrogen-bond acceptors (Lipinski definition) is 5. The highest BCUT2D eigenvalue weighted by atomic mass is 79.9. The lowest BCUT2D eigenvalue weighted by atomic mass is 9.91. The number of rotatable bonds is 4. The molecule has 6 heteroatoms. The zero-order valence-corrected chi connectivity index (χ0v) is 13.6. The molecule has 2 heterocycles. The van der Waals surface area contributed by atoms with Crippen LogP contribution in [0.1, 0.15) is 25.0 Å². The fourth-order valence-corrected chi connectivity index (χ4v) is 2.98. The van der Waals surface area contributed by atoms with E-state index < -0.39 is 0 Å². The van der Waals surface area contributed by atoms with Gasteiger partial charge in [-0.05, 0) is 73.4 Å². The van der Waals surface area contributed by atoms with Gasteiger partial charge in [0.2, 0.25) is 0 Å². The van der Waals surface area contributed by atoms with Crippen molar-refractivity contribution in [3.05, 3.63) is 22.4 Å². The Kier molecular flexibility index (Phi) is 5.37. The third-order valence-electron chi connectivity index (χ3n) is 3.81. The summed E-state index contributed by atoms with van der Waals surface area (Å²) in [7, 11) is 3.79. The Bertz CT molecular complexity index is 484. The van der Waals surface area contributed by atoms with E-state index in [4.69, 9.17) is 10.6 Å². The minimum absolute atomic E-state index is 0.635. The van der Waals surface area contributed by atoms with E-state index >= 15 is 0 Å². The molecule has 1 saturated heterocycles. The molecule has 1 aliphatic heterocycles. The predicted octanol–water partition coefficient (Wildman–Crippen LogP) is 2.25. The Hall–Kier alpha value is -1.14. The van der Waals surface area contributed by atoms with Crippen LogP contribution in [0.25, 0.3) is 0 Å². The maximum absolute atomic E-state index is 5.56. The largest absolute Gasteiger partial charge is 0.494 e. The molecule has 0 aliphatic carbocycles. The quantitative estimate of drug-likeness (QED) is 0.395. The molecule has 2 N–H and O–H groups in total. The number of likely N-dealkylation sites (tertiary alicyclic amines) is 1. The first-order valence-corrected chi connectivity index (χ1v) is 7.59. The van der Waals surface area contributed by atoms with Gasteiger partial charge in [0.1, 0.15) is 4.60 Å². The van der Waals surface area contributed by atoms with Crippen LogP contribution in [0.4, 0.5) is 0 Å². The van der Waals surface area contributed by atoms with Crippen molar-refractivity contribution < 1.29 is 4.74 Å². The average Bonchev–Trinajstić information content (AvgIpc) is 2.46. The summed E-state index contributed by atoms with van der Waals surface area (Å²) in [6, 6.07) is 3.79. The predicted molar refractivity (Wildman–Crippen MR) is 84.1 cm³/mol. The molecule has 20 heavy (non-hydrogen) atoms. The van der Waals surface area contributed by atoms with Gasteiger partial charge in [0.05, 0.1) is 18.5 Å². The highest BCUT2D eigenvalue weighted by molar-refractivity contribution is 9.10. The van der Waals surface area contributed by atoms with Gasteiger partial charge in [-0.1, -0.05) is 0 Å². The van der Waals surface area contributed by atoms with Gasteiger partial charge < -0.3 is 15.5 Å². The normalized spacial score (nSPS) is 18.2. The first-order chi connectivity index (χ1) is 9.63. The molecule has 1 fully saturated rings. The molecule has 1 aromatic heterocycles. The molecular weight excluding hydrogens is 320 g/mol. The van der Waals surface area contributed by atoms with Gasteiger partial charge in [-0.15, -0.1) is 0 Å². The molecule has 1 aromatic rings. The van der Waals surface area contributed by atoms with Crippen LogP contribution in [0.15, 0.2) is 21.8 Å². The summed E-state index contributed by atoms with van der Waals surface area (Å²) >= 11 is 3.40. The van der Waals surface area contributed by atoms with Gasteiger partial charge in [0, 0.05) is 0 Å². The van der Waals surface area contributed by atoms with Crippen molar-refractivity contribution in [1.29, 1.82) is 0 Å². The van der Waals surface area contributed by atoms with Crippen molar-refractivity contribution >= 4 is 21.6 Å². The second-order valence-corrected chi connectivity index (χ2v) is 5.97. The van der Waals surface area contributed by atoms with Crippen LogP contribution in [0, 0.1) is 5.92 Å². The standard InChI is InChI=1S/C14H21BrN4O/c1-19-7-5-10(6-8-19)9-12(18-16)11-3-4-13(20-2)14(15)17-11/h3-4,10H,5-9,16H2,1-2H3/b18-12-. The SMILES string of the molecule is COc1ccc(/C(CC2CCN(C)CC2)=N\N)nc1Br. The number of methoxy groups -OCH3 is 1. The summed E-state index contributed by atoms with van der Waals surface area (Å²) in [4.78, 5) is 6.83. The highest BCUT2D eigenvalue weighted by Gasteiger charge is 2.20. The number of ether oxygens (including phenoxy) is 1. The van der Waals surface area contributed by atoms with Crippen LogP contribution in [0.2, 0.25) is 0 Å². The first kappa shape index (κ1) is 15.3. The fourth-order valence-electron chi connectivity index (χ4n) is 2.50. The summed E-state index contributed by atoms with van der Waals surface area (Å²) < 4.78 is 5.87. The lowest BCUT2D eigenvalue weighted by molar-refractivity contribution is 0.223. The average molecular weight is 341 g/mol. The van der Waals surface area contributed by atoms with Crippen LogP contribution in [-0.2, 0) is 0 Å². The minimum Gasteiger partial charge on any atom is -0.494 e. The van der Waals surface area contributed by atoms with E-state index in [-0.39, 0.29) is 0 Å². The number of halogens is 1. The Labute approximate surface area is 128 Å². The smallest absolute Gasteiger partial charge is 0.151 e. The Morgan fingerprint density at radius 2 is 2.20 bits per heavy atom. The van der Waals surface area contributed by atoms with Crippen molar-refractivity contribution in [2.75, 3.05) is 27.2 Å². The van der Waals surface area contributed by atoms with Gasteiger partial charge in [-0.2, -0.15) is 5.10 Å². The second-order valence-electron chi connectivity index (χ2n) is 5.22. The van der Waals surface area contributed by atoms with E-state index in [1.54, 1.807) is 7.11 Å². The number of aromatic nitrogens is 1. The minimum atomic E-state index is 0.635. The molecule has 2 rings (SSSR count). The van der Waals surface area contributed by atoms with Crippen molar-refractivity contribution in [3.8, 4) is 5.75 Å². The van der Waals surface area contributed by atoms with E-state index in [9.17, 15) is 0 Å². The Balaban J connectivity index is 2.07. The number of hydrogen-bond donors (Lipinski definition) is 1.